The first kappa shape index (κ1) is 15.9. The highest BCUT2D eigenvalue weighted by Gasteiger charge is 2.08. The molecule has 2 aromatic carbocycles. The van der Waals surface area contributed by atoms with Crippen molar-refractivity contribution < 1.29 is 9.53 Å². The number of hydrogen-bond donors (Lipinski definition) is 2. The number of anilines is 2. The van der Waals surface area contributed by atoms with Crippen LogP contribution in [-0.2, 0) is 0 Å². The average molecular weight is 298 g/mol. The number of nitrogens with two attached hydrogens (primary N) is 1. The van der Waals surface area contributed by atoms with Gasteiger partial charge in [0.25, 0.3) is 5.91 Å². The molecule has 0 bridgehead atoms. The fraction of sp³-hybridized carbons (Fsp3) is 0.278. The van der Waals surface area contributed by atoms with Crippen LogP contribution in [0.4, 0.5) is 11.4 Å². The number of aryl methyl sites for hydroxylation is 1. The predicted molar refractivity (Wildman–Crippen MR) is 90.3 cm³/mol. The van der Waals surface area contributed by atoms with Gasteiger partial charge in [-0.2, -0.15) is 0 Å². The first-order chi connectivity index (χ1) is 10.5. The minimum absolute atomic E-state index is 0.163. The number of carbonyl (C=O) groups is 1. The van der Waals surface area contributed by atoms with E-state index in [0.717, 1.165) is 17.0 Å². The Bertz CT molecular complexity index is 649. The maximum absolute atomic E-state index is 12.3. The van der Waals surface area contributed by atoms with E-state index >= 15 is 0 Å². The Hall–Kier alpha value is -2.49. The van der Waals surface area contributed by atoms with Gasteiger partial charge in [-0.15, -0.1) is 0 Å². The van der Waals surface area contributed by atoms with Gasteiger partial charge in [-0.05, 0) is 54.8 Å². The zero-order valence-electron chi connectivity index (χ0n) is 13.2. The van der Waals surface area contributed by atoms with E-state index < -0.39 is 0 Å². The molecular formula is C18H22N2O2. The Labute approximate surface area is 131 Å². The van der Waals surface area contributed by atoms with Crippen molar-refractivity contribution in [1.82, 2.24) is 0 Å². The van der Waals surface area contributed by atoms with Gasteiger partial charge in [0.05, 0.1) is 6.61 Å². The minimum Gasteiger partial charge on any atom is -0.493 e. The molecule has 0 spiro atoms. The molecular weight excluding hydrogens is 276 g/mol. The van der Waals surface area contributed by atoms with Gasteiger partial charge in [0.1, 0.15) is 5.75 Å². The number of hydrogen-bond acceptors (Lipinski definition) is 3. The summed E-state index contributed by atoms with van der Waals surface area (Å²) in [5.74, 6) is 1.07. The van der Waals surface area contributed by atoms with Crippen LogP contribution < -0.4 is 15.8 Å². The van der Waals surface area contributed by atoms with E-state index in [4.69, 9.17) is 10.5 Å². The standard InChI is InChI=1S/C18H22N2O2/c1-12(2)11-22-16-8-5-14(6-9-16)18(21)20-17-10-15(19)7-4-13(17)3/h4-10,12H,11,19H2,1-3H3,(H,20,21). The molecule has 1 amide bonds. The monoisotopic (exact) mass is 298 g/mol. The van der Waals surface area contributed by atoms with Gasteiger partial charge in [-0.25, -0.2) is 0 Å². The highest BCUT2D eigenvalue weighted by Crippen LogP contribution is 2.20. The van der Waals surface area contributed by atoms with Crippen molar-refractivity contribution in [2.75, 3.05) is 17.7 Å². The average Bonchev–Trinajstić information content (AvgIpc) is 2.49. The van der Waals surface area contributed by atoms with Crippen LogP contribution in [0.3, 0.4) is 0 Å². The number of rotatable bonds is 5. The summed E-state index contributed by atoms with van der Waals surface area (Å²) in [4.78, 5) is 12.3. The summed E-state index contributed by atoms with van der Waals surface area (Å²) in [6.07, 6.45) is 0. The molecule has 0 saturated heterocycles. The molecule has 22 heavy (non-hydrogen) atoms. The minimum atomic E-state index is -0.163. The first-order valence-electron chi connectivity index (χ1n) is 7.36. The molecule has 0 heterocycles. The fourth-order valence-corrected chi connectivity index (χ4v) is 1.93. The Morgan fingerprint density at radius 2 is 1.86 bits per heavy atom. The van der Waals surface area contributed by atoms with E-state index in [-0.39, 0.29) is 5.91 Å². The maximum atomic E-state index is 12.3. The molecule has 0 aliphatic carbocycles. The van der Waals surface area contributed by atoms with Crippen molar-refractivity contribution in [3.8, 4) is 5.75 Å². The second-order valence-corrected chi connectivity index (χ2v) is 5.76. The molecule has 0 unspecified atom stereocenters. The van der Waals surface area contributed by atoms with Crippen molar-refractivity contribution in [2.24, 2.45) is 5.92 Å². The fourth-order valence-electron chi connectivity index (χ4n) is 1.93. The summed E-state index contributed by atoms with van der Waals surface area (Å²) < 4.78 is 5.61. The third kappa shape index (κ3) is 4.25. The van der Waals surface area contributed by atoms with Crippen molar-refractivity contribution in [3.63, 3.8) is 0 Å². The summed E-state index contributed by atoms with van der Waals surface area (Å²) in [5.41, 5.74) is 8.66. The van der Waals surface area contributed by atoms with E-state index in [9.17, 15) is 4.79 Å². The van der Waals surface area contributed by atoms with Crippen molar-refractivity contribution in [3.05, 3.63) is 53.6 Å². The van der Waals surface area contributed by atoms with Gasteiger partial charge in [0.15, 0.2) is 0 Å². The van der Waals surface area contributed by atoms with Crippen LogP contribution in [0.5, 0.6) is 5.75 Å². The summed E-state index contributed by atoms with van der Waals surface area (Å²) in [6, 6.07) is 12.6. The molecule has 2 aromatic rings. The smallest absolute Gasteiger partial charge is 0.255 e. The topological polar surface area (TPSA) is 64.3 Å². The molecule has 0 atom stereocenters. The lowest BCUT2D eigenvalue weighted by molar-refractivity contribution is 0.102. The van der Waals surface area contributed by atoms with Crippen LogP contribution in [0.2, 0.25) is 0 Å². The van der Waals surface area contributed by atoms with Gasteiger partial charge in [-0.3, -0.25) is 4.79 Å². The lowest BCUT2D eigenvalue weighted by Crippen LogP contribution is -2.13. The van der Waals surface area contributed by atoms with Crippen LogP contribution >= 0.6 is 0 Å². The van der Waals surface area contributed by atoms with Crippen molar-refractivity contribution >= 4 is 17.3 Å². The molecule has 0 aliphatic rings. The quantitative estimate of drug-likeness (QED) is 0.824. The first-order valence-corrected chi connectivity index (χ1v) is 7.36. The molecule has 0 radical (unpaired) electrons. The third-order valence-electron chi connectivity index (χ3n) is 3.21. The molecule has 0 fully saturated rings. The Balaban J connectivity index is 2.05. The zero-order chi connectivity index (χ0) is 16.1. The molecule has 2 rings (SSSR count). The largest absolute Gasteiger partial charge is 0.493 e. The Morgan fingerprint density at radius 3 is 2.50 bits per heavy atom. The van der Waals surface area contributed by atoms with Crippen LogP contribution in [0.25, 0.3) is 0 Å². The van der Waals surface area contributed by atoms with Gasteiger partial charge in [-0.1, -0.05) is 19.9 Å². The second kappa shape index (κ2) is 6.98. The maximum Gasteiger partial charge on any atom is 0.255 e. The molecule has 3 N–H and O–H groups in total. The van der Waals surface area contributed by atoms with E-state index in [1.54, 1.807) is 18.2 Å². The van der Waals surface area contributed by atoms with E-state index in [1.165, 1.54) is 0 Å². The van der Waals surface area contributed by atoms with Crippen molar-refractivity contribution in [2.45, 2.75) is 20.8 Å². The van der Waals surface area contributed by atoms with Gasteiger partial charge < -0.3 is 15.8 Å². The van der Waals surface area contributed by atoms with Crippen LogP contribution in [0.15, 0.2) is 42.5 Å². The molecule has 4 nitrogen and oxygen atoms in total. The number of nitrogen functional groups attached to an aromatic ring is 1. The van der Waals surface area contributed by atoms with Crippen LogP contribution in [0, 0.1) is 12.8 Å². The highest BCUT2D eigenvalue weighted by atomic mass is 16.5. The SMILES string of the molecule is Cc1ccc(N)cc1NC(=O)c1ccc(OCC(C)C)cc1. The summed E-state index contributed by atoms with van der Waals surface area (Å²) >= 11 is 0. The van der Waals surface area contributed by atoms with Gasteiger partial charge >= 0.3 is 0 Å². The van der Waals surface area contributed by atoms with Gasteiger partial charge in [0.2, 0.25) is 0 Å². The Kier molecular flexibility index (Phi) is 5.04. The summed E-state index contributed by atoms with van der Waals surface area (Å²) in [7, 11) is 0. The Morgan fingerprint density at radius 1 is 1.18 bits per heavy atom. The van der Waals surface area contributed by atoms with Crippen LogP contribution in [-0.4, -0.2) is 12.5 Å². The lowest BCUT2D eigenvalue weighted by atomic mass is 10.1. The zero-order valence-corrected chi connectivity index (χ0v) is 13.2. The molecule has 0 aromatic heterocycles. The van der Waals surface area contributed by atoms with Crippen LogP contribution in [0.1, 0.15) is 29.8 Å². The lowest BCUT2D eigenvalue weighted by Gasteiger charge is -2.11. The van der Waals surface area contributed by atoms with E-state index in [2.05, 4.69) is 19.2 Å². The third-order valence-corrected chi connectivity index (χ3v) is 3.21. The van der Waals surface area contributed by atoms with Gasteiger partial charge in [0, 0.05) is 16.9 Å². The predicted octanol–water partition coefficient (Wildman–Crippen LogP) is 3.86. The van der Waals surface area contributed by atoms with E-state index in [1.807, 2.05) is 31.2 Å². The highest BCUT2D eigenvalue weighted by molar-refractivity contribution is 6.04. The number of carbonyl (C=O) groups excluding carboxylic acids is 1. The normalized spacial score (nSPS) is 10.5. The number of benzene rings is 2. The van der Waals surface area contributed by atoms with Crippen molar-refractivity contribution in [1.29, 1.82) is 0 Å². The molecule has 0 aliphatic heterocycles. The number of amides is 1. The summed E-state index contributed by atoms with van der Waals surface area (Å²) in [6.45, 7) is 6.78. The second-order valence-electron chi connectivity index (χ2n) is 5.76. The number of ether oxygens (including phenoxy) is 1. The van der Waals surface area contributed by atoms with E-state index in [0.29, 0.717) is 23.8 Å². The molecule has 116 valence electrons. The number of nitrogens with one attached hydrogen (secondary N) is 1. The summed E-state index contributed by atoms with van der Waals surface area (Å²) in [5, 5.41) is 2.88. The molecule has 4 heteroatoms. The molecule has 0 saturated carbocycles.